The fourth-order valence-electron chi connectivity index (χ4n) is 3.69. The Hall–Kier alpha value is -0.370. The molecule has 0 spiro atoms. The first-order valence-electron chi connectivity index (χ1n) is 6.64. The van der Waals surface area contributed by atoms with E-state index in [9.17, 15) is 0 Å². The third-order valence-corrected chi connectivity index (χ3v) is 4.50. The highest BCUT2D eigenvalue weighted by molar-refractivity contribution is 5.25. The van der Waals surface area contributed by atoms with Crippen LogP contribution >= 0.6 is 0 Å². The SMILES string of the molecule is C=NC1C(COC)CC(CC)C(CC)C1C. The van der Waals surface area contributed by atoms with Gasteiger partial charge in [0.05, 0.1) is 12.6 Å². The molecule has 94 valence electrons. The third-order valence-electron chi connectivity index (χ3n) is 4.50. The summed E-state index contributed by atoms with van der Waals surface area (Å²) < 4.78 is 5.34. The quantitative estimate of drug-likeness (QED) is 0.657. The normalized spacial score (nSPS) is 39.6. The maximum Gasteiger partial charge on any atom is 0.0570 e. The van der Waals surface area contributed by atoms with E-state index in [-0.39, 0.29) is 0 Å². The zero-order valence-electron chi connectivity index (χ0n) is 11.3. The summed E-state index contributed by atoms with van der Waals surface area (Å²) >= 11 is 0. The zero-order valence-corrected chi connectivity index (χ0v) is 11.3. The van der Waals surface area contributed by atoms with Crippen LogP contribution in [0.5, 0.6) is 0 Å². The number of methoxy groups -OCH3 is 1. The Morgan fingerprint density at radius 2 is 1.94 bits per heavy atom. The predicted octanol–water partition coefficient (Wildman–Crippen LogP) is 3.41. The third kappa shape index (κ3) is 2.65. The highest BCUT2D eigenvalue weighted by Crippen LogP contribution is 2.42. The Labute approximate surface area is 100 Å². The van der Waals surface area contributed by atoms with E-state index in [1.54, 1.807) is 7.11 Å². The average molecular weight is 225 g/mol. The van der Waals surface area contributed by atoms with Gasteiger partial charge in [0.2, 0.25) is 0 Å². The van der Waals surface area contributed by atoms with E-state index in [2.05, 4.69) is 32.5 Å². The first-order valence-corrected chi connectivity index (χ1v) is 6.64. The van der Waals surface area contributed by atoms with Crippen LogP contribution in [0.25, 0.3) is 0 Å². The lowest BCUT2D eigenvalue weighted by molar-refractivity contribution is 0.0374. The highest BCUT2D eigenvalue weighted by atomic mass is 16.5. The molecule has 0 heterocycles. The monoisotopic (exact) mass is 225 g/mol. The van der Waals surface area contributed by atoms with Crippen LogP contribution in [-0.4, -0.2) is 26.5 Å². The molecule has 2 heteroatoms. The van der Waals surface area contributed by atoms with E-state index in [4.69, 9.17) is 4.74 Å². The molecule has 0 radical (unpaired) electrons. The van der Waals surface area contributed by atoms with Gasteiger partial charge in [-0.1, -0.05) is 33.6 Å². The zero-order chi connectivity index (χ0) is 12.1. The minimum Gasteiger partial charge on any atom is -0.384 e. The summed E-state index contributed by atoms with van der Waals surface area (Å²) in [5.41, 5.74) is 0. The fraction of sp³-hybridized carbons (Fsp3) is 0.929. The molecule has 0 aromatic heterocycles. The van der Waals surface area contributed by atoms with Gasteiger partial charge in [-0.2, -0.15) is 0 Å². The standard InChI is InChI=1S/C14H27NO/c1-6-11-8-12(9-16-5)14(15-4)10(3)13(11)7-2/h10-14H,4,6-9H2,1-3,5H3. The van der Waals surface area contributed by atoms with Crippen molar-refractivity contribution >= 4 is 6.72 Å². The van der Waals surface area contributed by atoms with Crippen molar-refractivity contribution in [3.63, 3.8) is 0 Å². The molecule has 0 bridgehead atoms. The molecule has 0 aromatic rings. The van der Waals surface area contributed by atoms with Crippen molar-refractivity contribution in [3.8, 4) is 0 Å². The van der Waals surface area contributed by atoms with E-state index >= 15 is 0 Å². The summed E-state index contributed by atoms with van der Waals surface area (Å²) in [5, 5.41) is 0. The number of nitrogens with zero attached hydrogens (tertiary/aromatic N) is 1. The van der Waals surface area contributed by atoms with Crippen LogP contribution in [0.1, 0.15) is 40.0 Å². The topological polar surface area (TPSA) is 21.6 Å². The number of aliphatic imine (C=N–C) groups is 1. The molecule has 5 unspecified atom stereocenters. The Morgan fingerprint density at radius 1 is 1.25 bits per heavy atom. The molecule has 1 fully saturated rings. The van der Waals surface area contributed by atoms with Crippen molar-refractivity contribution in [1.82, 2.24) is 0 Å². The van der Waals surface area contributed by atoms with Gasteiger partial charge in [-0.15, -0.1) is 0 Å². The van der Waals surface area contributed by atoms with Crippen LogP contribution in [0.4, 0.5) is 0 Å². The van der Waals surface area contributed by atoms with Gasteiger partial charge in [0.25, 0.3) is 0 Å². The van der Waals surface area contributed by atoms with Crippen molar-refractivity contribution in [2.45, 2.75) is 46.1 Å². The summed E-state index contributed by atoms with van der Waals surface area (Å²) in [7, 11) is 1.79. The second-order valence-electron chi connectivity index (χ2n) is 5.22. The molecule has 0 amide bonds. The second kappa shape index (κ2) is 6.39. The first-order chi connectivity index (χ1) is 7.69. The molecule has 1 aliphatic carbocycles. The van der Waals surface area contributed by atoms with Crippen LogP contribution in [-0.2, 0) is 4.74 Å². The maximum atomic E-state index is 5.34. The largest absolute Gasteiger partial charge is 0.384 e. The van der Waals surface area contributed by atoms with Crippen LogP contribution < -0.4 is 0 Å². The van der Waals surface area contributed by atoms with Crippen LogP contribution in [0, 0.1) is 23.7 Å². The molecule has 0 aliphatic heterocycles. The minimum absolute atomic E-state index is 0.396. The Morgan fingerprint density at radius 3 is 2.38 bits per heavy atom. The van der Waals surface area contributed by atoms with Gasteiger partial charge in [0.1, 0.15) is 0 Å². The molecule has 0 aromatic carbocycles. The van der Waals surface area contributed by atoms with E-state index in [1.807, 2.05) is 0 Å². The number of rotatable bonds is 5. The van der Waals surface area contributed by atoms with Gasteiger partial charge < -0.3 is 4.74 Å². The van der Waals surface area contributed by atoms with Gasteiger partial charge in [0, 0.05) is 13.0 Å². The lowest BCUT2D eigenvalue weighted by Gasteiger charge is -2.44. The van der Waals surface area contributed by atoms with Crippen molar-refractivity contribution in [2.24, 2.45) is 28.7 Å². The summed E-state index contributed by atoms with van der Waals surface area (Å²) in [5.74, 6) is 2.89. The van der Waals surface area contributed by atoms with Gasteiger partial charge in [-0.3, -0.25) is 4.99 Å². The minimum atomic E-state index is 0.396. The summed E-state index contributed by atoms with van der Waals surface area (Å²) in [6.45, 7) is 11.6. The molecule has 16 heavy (non-hydrogen) atoms. The summed E-state index contributed by atoms with van der Waals surface area (Å²) in [6, 6.07) is 0.396. The Kier molecular flexibility index (Phi) is 5.47. The average Bonchev–Trinajstić information content (AvgIpc) is 2.29. The molecule has 2 nitrogen and oxygen atoms in total. The van der Waals surface area contributed by atoms with Crippen molar-refractivity contribution in [3.05, 3.63) is 0 Å². The van der Waals surface area contributed by atoms with E-state index < -0.39 is 0 Å². The summed E-state index contributed by atoms with van der Waals surface area (Å²) in [6.07, 6.45) is 3.81. The van der Waals surface area contributed by atoms with Crippen molar-refractivity contribution in [1.29, 1.82) is 0 Å². The van der Waals surface area contributed by atoms with Gasteiger partial charge in [-0.05, 0) is 30.9 Å². The summed E-state index contributed by atoms with van der Waals surface area (Å²) in [4.78, 5) is 4.37. The number of ether oxygens (including phenoxy) is 1. The second-order valence-corrected chi connectivity index (χ2v) is 5.22. The fourth-order valence-corrected chi connectivity index (χ4v) is 3.69. The molecular weight excluding hydrogens is 198 g/mol. The first kappa shape index (κ1) is 13.7. The lowest BCUT2D eigenvalue weighted by Crippen LogP contribution is -2.42. The highest BCUT2D eigenvalue weighted by Gasteiger charge is 2.40. The van der Waals surface area contributed by atoms with Crippen LogP contribution in [0.2, 0.25) is 0 Å². The molecule has 0 N–H and O–H groups in total. The molecule has 5 atom stereocenters. The van der Waals surface area contributed by atoms with Crippen molar-refractivity contribution in [2.75, 3.05) is 13.7 Å². The number of hydrogen-bond acceptors (Lipinski definition) is 2. The van der Waals surface area contributed by atoms with Crippen molar-refractivity contribution < 1.29 is 4.74 Å². The number of hydrogen-bond donors (Lipinski definition) is 0. The van der Waals surface area contributed by atoms with Gasteiger partial charge >= 0.3 is 0 Å². The molecular formula is C14H27NO. The molecule has 0 saturated heterocycles. The Balaban J connectivity index is 2.79. The Bertz CT molecular complexity index is 215. The van der Waals surface area contributed by atoms with E-state index in [0.717, 1.165) is 18.4 Å². The molecule has 1 rings (SSSR count). The maximum absolute atomic E-state index is 5.34. The van der Waals surface area contributed by atoms with Gasteiger partial charge in [0.15, 0.2) is 0 Å². The van der Waals surface area contributed by atoms with Crippen LogP contribution in [0.3, 0.4) is 0 Å². The van der Waals surface area contributed by atoms with Gasteiger partial charge in [-0.25, -0.2) is 0 Å². The smallest absolute Gasteiger partial charge is 0.0570 e. The molecule has 1 aliphatic rings. The van der Waals surface area contributed by atoms with Crippen LogP contribution in [0.15, 0.2) is 4.99 Å². The molecule has 1 saturated carbocycles. The lowest BCUT2D eigenvalue weighted by atomic mass is 9.64. The predicted molar refractivity (Wildman–Crippen MR) is 70.0 cm³/mol. The van der Waals surface area contributed by atoms with E-state index in [1.165, 1.54) is 19.3 Å². The van der Waals surface area contributed by atoms with E-state index in [0.29, 0.717) is 17.9 Å².